The lowest BCUT2D eigenvalue weighted by atomic mass is 10.0. The summed E-state index contributed by atoms with van der Waals surface area (Å²) in [5.74, 6) is 0.105. The van der Waals surface area contributed by atoms with E-state index in [1.54, 1.807) is 6.07 Å². The Morgan fingerprint density at radius 1 is 1.24 bits per heavy atom. The maximum absolute atomic E-state index is 12.5. The fourth-order valence-corrected chi connectivity index (χ4v) is 5.16. The zero-order valence-electron chi connectivity index (χ0n) is 14.2. The van der Waals surface area contributed by atoms with Crippen molar-refractivity contribution in [2.24, 2.45) is 4.99 Å². The van der Waals surface area contributed by atoms with E-state index in [4.69, 9.17) is 23.2 Å². The van der Waals surface area contributed by atoms with E-state index in [-0.39, 0.29) is 5.91 Å². The molecular formula is C18H18Cl2N2OS2. The first-order valence-electron chi connectivity index (χ1n) is 8.08. The molecule has 0 unspecified atom stereocenters. The van der Waals surface area contributed by atoms with Crippen molar-refractivity contribution < 1.29 is 4.79 Å². The number of thiazole rings is 1. The summed E-state index contributed by atoms with van der Waals surface area (Å²) in [5.41, 5.74) is 2.75. The van der Waals surface area contributed by atoms with Gasteiger partial charge in [-0.05, 0) is 36.1 Å². The second-order valence-electron chi connectivity index (χ2n) is 6.07. The van der Waals surface area contributed by atoms with Crippen LogP contribution in [0.5, 0.6) is 0 Å². The number of benzene rings is 1. The van der Waals surface area contributed by atoms with Crippen LogP contribution in [-0.4, -0.2) is 10.5 Å². The van der Waals surface area contributed by atoms with Gasteiger partial charge in [0.15, 0.2) is 4.80 Å². The number of hydrogen-bond donors (Lipinski definition) is 0. The number of carbonyl (C=O) groups excluding carboxylic acids is 1. The largest absolute Gasteiger partial charge is 0.316 e. The third-order valence-electron chi connectivity index (χ3n) is 3.90. The second-order valence-corrected chi connectivity index (χ2v) is 9.37. The number of thiophene rings is 1. The van der Waals surface area contributed by atoms with Gasteiger partial charge in [-0.3, -0.25) is 4.79 Å². The second kappa shape index (κ2) is 7.62. The van der Waals surface area contributed by atoms with Crippen LogP contribution in [0.25, 0.3) is 10.2 Å². The SMILES string of the molecule is CCCn1c(=NC(=O)c2cc(Cl)sc2Cl)sc2cc(C(C)C)ccc21. The Balaban J connectivity index is 2.15. The van der Waals surface area contributed by atoms with E-state index in [1.165, 1.54) is 28.2 Å². The fourth-order valence-electron chi connectivity index (χ4n) is 2.61. The van der Waals surface area contributed by atoms with Crippen LogP contribution in [-0.2, 0) is 6.54 Å². The summed E-state index contributed by atoms with van der Waals surface area (Å²) in [5, 5.41) is 0. The molecule has 0 aliphatic carbocycles. The highest BCUT2D eigenvalue weighted by atomic mass is 35.5. The van der Waals surface area contributed by atoms with E-state index >= 15 is 0 Å². The van der Waals surface area contributed by atoms with E-state index in [9.17, 15) is 4.79 Å². The Labute approximate surface area is 164 Å². The molecule has 0 saturated carbocycles. The van der Waals surface area contributed by atoms with Gasteiger partial charge in [0.2, 0.25) is 0 Å². The minimum atomic E-state index is -0.353. The van der Waals surface area contributed by atoms with Gasteiger partial charge in [-0.1, -0.05) is 61.4 Å². The summed E-state index contributed by atoms with van der Waals surface area (Å²) in [6, 6.07) is 8.03. The molecule has 25 heavy (non-hydrogen) atoms. The van der Waals surface area contributed by atoms with Crippen molar-refractivity contribution in [3.05, 3.63) is 48.9 Å². The lowest BCUT2D eigenvalue weighted by Crippen LogP contribution is -2.16. The van der Waals surface area contributed by atoms with Gasteiger partial charge in [0.05, 0.1) is 20.1 Å². The normalized spacial score (nSPS) is 12.5. The molecule has 0 spiro atoms. The number of halogens is 2. The summed E-state index contributed by atoms with van der Waals surface area (Å²) in [4.78, 5) is 17.6. The molecule has 0 bridgehead atoms. The molecule has 3 aromatic rings. The first kappa shape index (κ1) is 18.6. The van der Waals surface area contributed by atoms with Crippen molar-refractivity contribution in [3.8, 4) is 0 Å². The summed E-state index contributed by atoms with van der Waals surface area (Å²) in [6.07, 6.45) is 0.962. The molecule has 0 aliphatic rings. The molecule has 2 aromatic heterocycles. The van der Waals surface area contributed by atoms with E-state index in [0.29, 0.717) is 25.0 Å². The summed E-state index contributed by atoms with van der Waals surface area (Å²) < 4.78 is 4.11. The van der Waals surface area contributed by atoms with Crippen molar-refractivity contribution >= 4 is 62.0 Å². The number of fused-ring (bicyclic) bond motifs is 1. The van der Waals surface area contributed by atoms with Crippen molar-refractivity contribution in [1.29, 1.82) is 0 Å². The van der Waals surface area contributed by atoms with Gasteiger partial charge in [-0.25, -0.2) is 0 Å². The predicted molar refractivity (Wildman–Crippen MR) is 108 cm³/mol. The van der Waals surface area contributed by atoms with Crippen LogP contribution < -0.4 is 4.80 Å². The molecule has 2 heterocycles. The lowest BCUT2D eigenvalue weighted by Gasteiger charge is -2.06. The molecule has 0 saturated heterocycles. The maximum Gasteiger partial charge on any atom is 0.282 e. The van der Waals surface area contributed by atoms with Crippen molar-refractivity contribution in [2.45, 2.75) is 39.7 Å². The number of rotatable bonds is 4. The molecule has 0 fully saturated rings. The topological polar surface area (TPSA) is 34.4 Å². The highest BCUT2D eigenvalue weighted by Crippen LogP contribution is 2.31. The Morgan fingerprint density at radius 3 is 2.60 bits per heavy atom. The number of nitrogens with zero attached hydrogens (tertiary/aromatic N) is 2. The van der Waals surface area contributed by atoms with Crippen LogP contribution in [0.3, 0.4) is 0 Å². The molecular weight excluding hydrogens is 395 g/mol. The van der Waals surface area contributed by atoms with Crippen LogP contribution in [0.1, 0.15) is 49.0 Å². The molecule has 0 N–H and O–H groups in total. The fraction of sp³-hybridized carbons (Fsp3) is 0.333. The number of amides is 1. The third-order valence-corrected chi connectivity index (χ3v) is 6.43. The van der Waals surface area contributed by atoms with E-state index < -0.39 is 0 Å². The minimum Gasteiger partial charge on any atom is -0.316 e. The molecule has 3 rings (SSSR count). The maximum atomic E-state index is 12.5. The Kier molecular flexibility index (Phi) is 5.68. The van der Waals surface area contributed by atoms with Crippen LogP contribution in [0.15, 0.2) is 29.3 Å². The Morgan fingerprint density at radius 2 is 2.00 bits per heavy atom. The van der Waals surface area contributed by atoms with Gasteiger partial charge in [-0.15, -0.1) is 11.3 Å². The number of hydrogen-bond acceptors (Lipinski definition) is 3. The molecule has 0 radical (unpaired) electrons. The van der Waals surface area contributed by atoms with Crippen molar-refractivity contribution in [3.63, 3.8) is 0 Å². The molecule has 0 atom stereocenters. The molecule has 0 aliphatic heterocycles. The van der Waals surface area contributed by atoms with E-state index in [0.717, 1.165) is 23.2 Å². The molecule has 132 valence electrons. The van der Waals surface area contributed by atoms with Gasteiger partial charge >= 0.3 is 0 Å². The molecule has 3 nitrogen and oxygen atoms in total. The molecule has 1 amide bonds. The smallest absolute Gasteiger partial charge is 0.282 e. The van der Waals surface area contributed by atoms with Gasteiger partial charge < -0.3 is 4.57 Å². The molecule has 7 heteroatoms. The van der Waals surface area contributed by atoms with Crippen LogP contribution in [0.4, 0.5) is 0 Å². The summed E-state index contributed by atoms with van der Waals surface area (Å²) in [7, 11) is 0. The standard InChI is InChI=1S/C18H18Cl2N2OS2/c1-4-7-22-13-6-5-11(10(2)3)8-14(13)24-18(22)21-17(23)12-9-15(19)25-16(12)20/h5-6,8-10H,4,7H2,1-3H3. The first-order chi connectivity index (χ1) is 11.9. The summed E-state index contributed by atoms with van der Waals surface area (Å²) in [6.45, 7) is 7.27. The zero-order valence-corrected chi connectivity index (χ0v) is 17.3. The minimum absolute atomic E-state index is 0.353. The predicted octanol–water partition coefficient (Wildman–Crippen LogP) is 6.35. The Hall–Kier alpha value is -1.14. The van der Waals surface area contributed by atoms with Crippen LogP contribution >= 0.6 is 45.9 Å². The third kappa shape index (κ3) is 3.85. The highest BCUT2D eigenvalue weighted by molar-refractivity contribution is 7.20. The van der Waals surface area contributed by atoms with E-state index in [2.05, 4.69) is 48.5 Å². The zero-order chi connectivity index (χ0) is 18.1. The van der Waals surface area contributed by atoms with Gasteiger partial charge in [0, 0.05) is 6.54 Å². The monoisotopic (exact) mass is 412 g/mol. The quantitative estimate of drug-likeness (QED) is 0.491. The van der Waals surface area contributed by atoms with Gasteiger partial charge in [0.1, 0.15) is 4.34 Å². The average molecular weight is 413 g/mol. The number of carbonyl (C=O) groups is 1. The highest BCUT2D eigenvalue weighted by Gasteiger charge is 2.15. The molecule has 1 aromatic carbocycles. The number of aryl methyl sites for hydroxylation is 1. The van der Waals surface area contributed by atoms with Gasteiger partial charge in [0.25, 0.3) is 5.91 Å². The Bertz CT molecular complexity index is 998. The van der Waals surface area contributed by atoms with Gasteiger partial charge in [-0.2, -0.15) is 4.99 Å². The van der Waals surface area contributed by atoms with Crippen LogP contribution in [0.2, 0.25) is 8.67 Å². The number of aromatic nitrogens is 1. The van der Waals surface area contributed by atoms with Crippen LogP contribution in [0, 0.1) is 0 Å². The summed E-state index contributed by atoms with van der Waals surface area (Å²) >= 11 is 14.7. The van der Waals surface area contributed by atoms with Crippen molar-refractivity contribution in [2.75, 3.05) is 0 Å². The average Bonchev–Trinajstić information content (AvgIpc) is 3.07. The van der Waals surface area contributed by atoms with Crippen molar-refractivity contribution in [1.82, 2.24) is 4.57 Å². The lowest BCUT2D eigenvalue weighted by molar-refractivity contribution is 0.0998. The first-order valence-corrected chi connectivity index (χ1v) is 10.5. The van der Waals surface area contributed by atoms with E-state index in [1.807, 2.05) is 0 Å².